The lowest BCUT2D eigenvalue weighted by molar-refractivity contribution is 0.723. The molecule has 0 spiro atoms. The van der Waals surface area contributed by atoms with E-state index in [0.29, 0.717) is 0 Å². The van der Waals surface area contributed by atoms with Crippen LogP contribution in [0.2, 0.25) is 0 Å². The third kappa shape index (κ3) is 3.20. The van der Waals surface area contributed by atoms with Crippen LogP contribution in [0.1, 0.15) is 24.4 Å². The average molecular weight is 330 g/mol. The first-order chi connectivity index (χ1) is 9.81. The summed E-state index contributed by atoms with van der Waals surface area (Å²) in [6.45, 7) is 0. The molecule has 2 N–H and O–H groups in total. The maximum absolute atomic E-state index is 4.72. The lowest BCUT2D eigenvalue weighted by Crippen LogP contribution is -2.27. The molecule has 1 aliphatic rings. The number of aliphatic imine (C=N–C) groups is 1. The molecule has 0 fully saturated rings. The molecule has 0 aliphatic carbocycles. The van der Waals surface area contributed by atoms with Crippen molar-refractivity contribution in [3.05, 3.63) is 64.6 Å². The quantitative estimate of drug-likeness (QED) is 0.823. The summed E-state index contributed by atoms with van der Waals surface area (Å²) in [6, 6.07) is 18.8. The van der Waals surface area contributed by atoms with E-state index in [1.807, 2.05) is 30.3 Å². The molecule has 4 heteroatoms. The van der Waals surface area contributed by atoms with Gasteiger partial charge < -0.3 is 0 Å². The second kappa shape index (κ2) is 6.09. The van der Waals surface area contributed by atoms with Gasteiger partial charge in [0.15, 0.2) is 0 Å². The van der Waals surface area contributed by atoms with Crippen molar-refractivity contribution in [3.63, 3.8) is 0 Å². The average Bonchev–Trinajstić information content (AvgIpc) is 2.97. The minimum atomic E-state index is 0.283. The molecule has 0 amide bonds. The summed E-state index contributed by atoms with van der Waals surface area (Å²) >= 11 is 3.42. The van der Waals surface area contributed by atoms with Gasteiger partial charge in [0.05, 0.1) is 11.7 Å². The van der Waals surface area contributed by atoms with Crippen molar-refractivity contribution in [3.8, 4) is 0 Å². The van der Waals surface area contributed by atoms with E-state index in [-0.39, 0.29) is 6.04 Å². The van der Waals surface area contributed by atoms with E-state index in [1.165, 1.54) is 5.56 Å². The Bertz CT molecular complexity index is 593. The molecular weight excluding hydrogens is 314 g/mol. The number of benzene rings is 2. The van der Waals surface area contributed by atoms with Crippen LogP contribution in [0.15, 0.2) is 64.1 Å². The molecule has 0 radical (unpaired) electrons. The van der Waals surface area contributed by atoms with E-state index in [4.69, 9.17) is 4.99 Å². The van der Waals surface area contributed by atoms with E-state index < -0.39 is 0 Å². The smallest absolute Gasteiger partial charge is 0.116 e. The number of anilines is 1. The highest BCUT2D eigenvalue weighted by molar-refractivity contribution is 9.10. The second-order valence-corrected chi connectivity index (χ2v) is 5.71. The number of hydrazine groups is 1. The van der Waals surface area contributed by atoms with Gasteiger partial charge >= 0.3 is 0 Å². The topological polar surface area (TPSA) is 36.4 Å². The first-order valence-corrected chi connectivity index (χ1v) is 7.50. The summed E-state index contributed by atoms with van der Waals surface area (Å²) in [5.74, 6) is 1.02. The first-order valence-electron chi connectivity index (χ1n) is 6.70. The Morgan fingerprint density at radius 2 is 1.70 bits per heavy atom. The Morgan fingerprint density at radius 1 is 0.950 bits per heavy atom. The Labute approximate surface area is 127 Å². The van der Waals surface area contributed by atoms with Gasteiger partial charge in [0.25, 0.3) is 0 Å². The Hall–Kier alpha value is -1.81. The summed E-state index contributed by atoms with van der Waals surface area (Å²) in [7, 11) is 0. The van der Waals surface area contributed by atoms with Crippen LogP contribution in [0.25, 0.3) is 0 Å². The molecule has 1 heterocycles. The predicted octanol–water partition coefficient (Wildman–Crippen LogP) is 4.30. The summed E-state index contributed by atoms with van der Waals surface area (Å²) in [4.78, 5) is 4.72. The molecule has 1 unspecified atom stereocenters. The van der Waals surface area contributed by atoms with Gasteiger partial charge in [-0.05, 0) is 36.2 Å². The Morgan fingerprint density at radius 3 is 2.45 bits per heavy atom. The summed E-state index contributed by atoms with van der Waals surface area (Å²) < 4.78 is 1.07. The highest BCUT2D eigenvalue weighted by Crippen LogP contribution is 2.27. The lowest BCUT2D eigenvalue weighted by atomic mass is 10.1. The normalized spacial score (nSPS) is 17.6. The molecule has 102 valence electrons. The molecule has 3 rings (SSSR count). The van der Waals surface area contributed by atoms with Crippen molar-refractivity contribution in [2.24, 2.45) is 4.99 Å². The van der Waals surface area contributed by atoms with Crippen molar-refractivity contribution in [1.82, 2.24) is 5.43 Å². The van der Waals surface area contributed by atoms with Crippen LogP contribution >= 0.6 is 15.9 Å². The molecule has 2 aromatic carbocycles. The number of amidine groups is 1. The van der Waals surface area contributed by atoms with Gasteiger partial charge in [-0.3, -0.25) is 15.8 Å². The fourth-order valence-electron chi connectivity index (χ4n) is 2.28. The van der Waals surface area contributed by atoms with Gasteiger partial charge in [0, 0.05) is 10.9 Å². The van der Waals surface area contributed by atoms with E-state index >= 15 is 0 Å². The van der Waals surface area contributed by atoms with E-state index in [9.17, 15) is 0 Å². The van der Waals surface area contributed by atoms with Crippen LogP contribution in [0.4, 0.5) is 5.69 Å². The standard InChI is InChI=1S/C16H16BrN3/c17-13-6-8-14(9-7-13)19-20-16-11-10-15(18-16)12-4-2-1-3-5-12/h1-9,15,19H,10-11H2,(H,18,20). The number of hydrogen-bond donors (Lipinski definition) is 2. The Kier molecular flexibility index (Phi) is 4.02. The fraction of sp³-hybridized carbons (Fsp3) is 0.188. The van der Waals surface area contributed by atoms with Crippen LogP contribution in [0.5, 0.6) is 0 Å². The number of nitrogens with one attached hydrogen (secondary N) is 2. The monoisotopic (exact) mass is 329 g/mol. The lowest BCUT2D eigenvalue weighted by Gasteiger charge is -2.09. The van der Waals surface area contributed by atoms with Crippen molar-refractivity contribution in [1.29, 1.82) is 0 Å². The van der Waals surface area contributed by atoms with E-state index in [2.05, 4.69) is 51.0 Å². The van der Waals surface area contributed by atoms with Crippen molar-refractivity contribution in [2.75, 3.05) is 5.43 Å². The summed E-state index contributed by atoms with van der Waals surface area (Å²) in [5.41, 5.74) is 8.70. The van der Waals surface area contributed by atoms with Crippen LogP contribution in [0.3, 0.4) is 0 Å². The third-order valence-electron chi connectivity index (χ3n) is 3.35. The van der Waals surface area contributed by atoms with Gasteiger partial charge in [-0.1, -0.05) is 46.3 Å². The second-order valence-electron chi connectivity index (χ2n) is 4.80. The van der Waals surface area contributed by atoms with Crippen molar-refractivity contribution >= 4 is 27.5 Å². The molecule has 2 aromatic rings. The molecule has 20 heavy (non-hydrogen) atoms. The zero-order chi connectivity index (χ0) is 13.8. The van der Waals surface area contributed by atoms with Crippen LogP contribution in [-0.2, 0) is 0 Å². The zero-order valence-electron chi connectivity index (χ0n) is 11.0. The molecule has 0 saturated heterocycles. The maximum Gasteiger partial charge on any atom is 0.116 e. The van der Waals surface area contributed by atoms with Crippen LogP contribution in [0, 0.1) is 0 Å². The number of halogens is 1. The highest BCUT2D eigenvalue weighted by atomic mass is 79.9. The number of nitrogens with zero attached hydrogens (tertiary/aromatic N) is 1. The minimum absolute atomic E-state index is 0.283. The highest BCUT2D eigenvalue weighted by Gasteiger charge is 2.18. The van der Waals surface area contributed by atoms with E-state index in [0.717, 1.165) is 28.8 Å². The first kappa shape index (κ1) is 13.2. The Balaban J connectivity index is 1.60. The SMILES string of the molecule is Brc1ccc(NNC2=NC(c3ccccc3)CC2)cc1. The van der Waals surface area contributed by atoms with Crippen molar-refractivity contribution < 1.29 is 0 Å². The predicted molar refractivity (Wildman–Crippen MR) is 86.8 cm³/mol. The number of rotatable bonds is 3. The molecule has 3 nitrogen and oxygen atoms in total. The molecule has 1 aliphatic heterocycles. The minimum Gasteiger partial charge on any atom is -0.300 e. The van der Waals surface area contributed by atoms with E-state index in [1.54, 1.807) is 0 Å². The maximum atomic E-state index is 4.72. The zero-order valence-corrected chi connectivity index (χ0v) is 12.6. The molecule has 0 saturated carbocycles. The summed E-state index contributed by atoms with van der Waals surface area (Å²) in [6.07, 6.45) is 2.04. The van der Waals surface area contributed by atoms with Crippen LogP contribution in [-0.4, -0.2) is 5.84 Å². The van der Waals surface area contributed by atoms with Gasteiger partial charge in [-0.15, -0.1) is 0 Å². The van der Waals surface area contributed by atoms with Gasteiger partial charge in [0.1, 0.15) is 5.84 Å². The largest absolute Gasteiger partial charge is 0.300 e. The molecule has 1 atom stereocenters. The van der Waals surface area contributed by atoms with Gasteiger partial charge in [0.2, 0.25) is 0 Å². The van der Waals surface area contributed by atoms with Gasteiger partial charge in [-0.25, -0.2) is 0 Å². The third-order valence-corrected chi connectivity index (χ3v) is 3.87. The number of hydrogen-bond acceptors (Lipinski definition) is 3. The fourth-order valence-corrected chi connectivity index (χ4v) is 2.54. The molecule has 0 bridgehead atoms. The summed E-state index contributed by atoms with van der Waals surface area (Å²) in [5, 5.41) is 0. The van der Waals surface area contributed by atoms with Crippen LogP contribution < -0.4 is 10.9 Å². The van der Waals surface area contributed by atoms with Gasteiger partial charge in [-0.2, -0.15) is 0 Å². The van der Waals surface area contributed by atoms with Crippen molar-refractivity contribution in [2.45, 2.75) is 18.9 Å². The molecule has 0 aromatic heterocycles. The molecular formula is C16H16BrN3.